The summed E-state index contributed by atoms with van der Waals surface area (Å²) in [4.78, 5) is 11.3. The van der Waals surface area contributed by atoms with Crippen molar-refractivity contribution in [3.63, 3.8) is 0 Å². The van der Waals surface area contributed by atoms with Gasteiger partial charge in [0.1, 0.15) is 5.82 Å². The Morgan fingerprint density at radius 1 is 1.29 bits per heavy atom. The lowest BCUT2D eigenvalue weighted by molar-refractivity contribution is 0.100. The van der Waals surface area contributed by atoms with Crippen molar-refractivity contribution in [2.45, 2.75) is 6.92 Å². The molecule has 2 rings (SSSR count). The number of amides is 1. The molecule has 4 nitrogen and oxygen atoms in total. The molecular formula is C14H12Cl2FN3O. The molecule has 0 spiro atoms. The number of aryl methyl sites for hydroxylation is 1. The normalized spacial score (nSPS) is 10.5. The van der Waals surface area contributed by atoms with Crippen LogP contribution in [0, 0.1) is 12.7 Å². The van der Waals surface area contributed by atoms with Crippen LogP contribution in [-0.4, -0.2) is 5.91 Å². The fraction of sp³-hybridized carbons (Fsp3) is 0.0714. The quantitative estimate of drug-likeness (QED) is 0.748. The molecule has 0 aliphatic carbocycles. The molecular weight excluding hydrogens is 316 g/mol. The number of nitrogen functional groups attached to an aromatic ring is 1. The Kier molecular flexibility index (Phi) is 4.25. The van der Waals surface area contributed by atoms with Crippen LogP contribution in [0.15, 0.2) is 24.3 Å². The summed E-state index contributed by atoms with van der Waals surface area (Å²) in [6.45, 7) is 1.79. The van der Waals surface area contributed by atoms with E-state index in [4.69, 9.17) is 34.7 Å². The number of hydrogen-bond donors (Lipinski definition) is 3. The van der Waals surface area contributed by atoms with E-state index in [2.05, 4.69) is 5.32 Å². The van der Waals surface area contributed by atoms with Gasteiger partial charge in [-0.3, -0.25) is 4.79 Å². The monoisotopic (exact) mass is 327 g/mol. The lowest BCUT2D eigenvalue weighted by Gasteiger charge is -2.14. The van der Waals surface area contributed by atoms with Crippen molar-refractivity contribution in [2.75, 3.05) is 11.1 Å². The molecule has 0 aromatic heterocycles. The Morgan fingerprint density at radius 2 is 1.95 bits per heavy atom. The van der Waals surface area contributed by atoms with Crippen molar-refractivity contribution in [2.24, 2.45) is 5.73 Å². The van der Waals surface area contributed by atoms with Crippen LogP contribution in [0.5, 0.6) is 0 Å². The van der Waals surface area contributed by atoms with Gasteiger partial charge in [-0.1, -0.05) is 29.3 Å². The van der Waals surface area contributed by atoms with E-state index in [-0.39, 0.29) is 16.9 Å². The molecule has 7 heteroatoms. The topological polar surface area (TPSA) is 81.1 Å². The van der Waals surface area contributed by atoms with Crippen LogP contribution >= 0.6 is 23.2 Å². The molecule has 0 heterocycles. The largest absolute Gasteiger partial charge is 0.398 e. The van der Waals surface area contributed by atoms with Crippen molar-refractivity contribution in [3.8, 4) is 0 Å². The standard InChI is InChI=1S/C14H12Cl2FN3O/c1-6-2-3-8(15)13(12(6)16)20-11-4-7(14(19)21)10(18)5-9(11)17/h2-5,20H,18H2,1H3,(H2,19,21). The van der Waals surface area contributed by atoms with Crippen LogP contribution in [0.2, 0.25) is 10.0 Å². The zero-order valence-electron chi connectivity index (χ0n) is 11.0. The van der Waals surface area contributed by atoms with E-state index in [9.17, 15) is 9.18 Å². The number of carbonyl (C=O) groups excluding carboxylic acids is 1. The van der Waals surface area contributed by atoms with E-state index >= 15 is 0 Å². The second-order valence-corrected chi connectivity index (χ2v) is 5.25. The maximum Gasteiger partial charge on any atom is 0.250 e. The van der Waals surface area contributed by atoms with Crippen molar-refractivity contribution in [1.29, 1.82) is 0 Å². The average Bonchev–Trinajstić information content (AvgIpc) is 2.41. The second-order valence-electron chi connectivity index (χ2n) is 4.46. The number of primary amides is 1. The molecule has 2 aromatic rings. The molecule has 0 aliphatic rings. The summed E-state index contributed by atoms with van der Waals surface area (Å²) in [5, 5.41) is 3.45. The molecule has 0 radical (unpaired) electrons. The van der Waals surface area contributed by atoms with E-state index in [1.54, 1.807) is 19.1 Å². The molecule has 0 fully saturated rings. The number of hydrogen-bond acceptors (Lipinski definition) is 3. The summed E-state index contributed by atoms with van der Waals surface area (Å²) in [6, 6.07) is 5.61. The molecule has 0 bridgehead atoms. The molecule has 0 aliphatic heterocycles. The Labute approximate surface area is 130 Å². The number of halogens is 3. The molecule has 0 saturated carbocycles. The molecule has 0 atom stereocenters. The van der Waals surface area contributed by atoms with Gasteiger partial charge in [-0.25, -0.2) is 4.39 Å². The van der Waals surface area contributed by atoms with E-state index in [1.165, 1.54) is 6.07 Å². The zero-order chi connectivity index (χ0) is 15.7. The van der Waals surface area contributed by atoms with Gasteiger partial charge in [0.05, 0.1) is 27.0 Å². The van der Waals surface area contributed by atoms with Gasteiger partial charge >= 0.3 is 0 Å². The van der Waals surface area contributed by atoms with Crippen LogP contribution < -0.4 is 16.8 Å². The minimum Gasteiger partial charge on any atom is -0.398 e. The third-order valence-corrected chi connectivity index (χ3v) is 3.75. The van der Waals surface area contributed by atoms with Gasteiger partial charge in [-0.05, 0) is 30.7 Å². The highest BCUT2D eigenvalue weighted by atomic mass is 35.5. The van der Waals surface area contributed by atoms with Crippen molar-refractivity contribution >= 4 is 46.2 Å². The van der Waals surface area contributed by atoms with Crippen molar-refractivity contribution < 1.29 is 9.18 Å². The van der Waals surface area contributed by atoms with Crippen LogP contribution in [0.3, 0.4) is 0 Å². The number of nitrogens with two attached hydrogens (primary N) is 2. The zero-order valence-corrected chi connectivity index (χ0v) is 12.5. The maximum atomic E-state index is 14.0. The third kappa shape index (κ3) is 3.04. The minimum atomic E-state index is -0.753. The number of nitrogens with one attached hydrogen (secondary N) is 1. The van der Waals surface area contributed by atoms with Gasteiger partial charge in [0, 0.05) is 5.69 Å². The SMILES string of the molecule is Cc1ccc(Cl)c(Nc2cc(C(N)=O)c(N)cc2F)c1Cl. The molecule has 21 heavy (non-hydrogen) atoms. The van der Waals surface area contributed by atoms with Crippen LogP contribution in [-0.2, 0) is 0 Å². The second kappa shape index (κ2) is 5.79. The molecule has 2 aromatic carbocycles. The van der Waals surface area contributed by atoms with Gasteiger partial charge in [-0.15, -0.1) is 0 Å². The summed E-state index contributed by atoms with van der Waals surface area (Å²) in [6.07, 6.45) is 0. The summed E-state index contributed by atoms with van der Waals surface area (Å²) in [5.74, 6) is -1.40. The lowest BCUT2D eigenvalue weighted by atomic mass is 10.1. The van der Waals surface area contributed by atoms with Crippen LogP contribution in [0.25, 0.3) is 0 Å². The van der Waals surface area contributed by atoms with E-state index in [0.29, 0.717) is 15.7 Å². The fourth-order valence-electron chi connectivity index (χ4n) is 1.80. The van der Waals surface area contributed by atoms with Crippen LogP contribution in [0.1, 0.15) is 15.9 Å². The predicted molar refractivity (Wildman–Crippen MR) is 83.8 cm³/mol. The molecule has 110 valence electrons. The molecule has 0 saturated heterocycles. The van der Waals surface area contributed by atoms with Crippen molar-refractivity contribution in [3.05, 3.63) is 51.3 Å². The van der Waals surface area contributed by atoms with E-state index in [1.807, 2.05) is 0 Å². The first-order valence-electron chi connectivity index (χ1n) is 5.91. The van der Waals surface area contributed by atoms with Gasteiger partial charge in [0.2, 0.25) is 0 Å². The first-order valence-corrected chi connectivity index (χ1v) is 6.67. The fourth-order valence-corrected chi connectivity index (χ4v) is 2.27. The smallest absolute Gasteiger partial charge is 0.250 e. The Morgan fingerprint density at radius 3 is 2.57 bits per heavy atom. The van der Waals surface area contributed by atoms with Gasteiger partial charge in [0.15, 0.2) is 0 Å². The number of anilines is 3. The predicted octanol–water partition coefficient (Wildman–Crippen LogP) is 3.87. The Hall–Kier alpha value is -1.98. The summed E-state index contributed by atoms with van der Waals surface area (Å²) < 4.78 is 14.0. The third-order valence-electron chi connectivity index (χ3n) is 2.95. The lowest BCUT2D eigenvalue weighted by Crippen LogP contribution is -2.14. The molecule has 0 unspecified atom stereocenters. The highest BCUT2D eigenvalue weighted by molar-refractivity contribution is 6.39. The Bertz CT molecular complexity index is 735. The maximum absolute atomic E-state index is 14.0. The van der Waals surface area contributed by atoms with Gasteiger partial charge in [-0.2, -0.15) is 0 Å². The minimum absolute atomic E-state index is 0.00685. The van der Waals surface area contributed by atoms with E-state index < -0.39 is 11.7 Å². The van der Waals surface area contributed by atoms with Crippen LogP contribution in [0.4, 0.5) is 21.5 Å². The van der Waals surface area contributed by atoms with E-state index in [0.717, 1.165) is 11.6 Å². The number of rotatable bonds is 3. The summed E-state index contributed by atoms with van der Waals surface area (Å²) in [7, 11) is 0. The summed E-state index contributed by atoms with van der Waals surface area (Å²) in [5.41, 5.74) is 11.8. The first-order chi connectivity index (χ1) is 9.81. The highest BCUT2D eigenvalue weighted by Crippen LogP contribution is 2.36. The van der Waals surface area contributed by atoms with Gasteiger partial charge in [0.25, 0.3) is 5.91 Å². The summed E-state index contributed by atoms with van der Waals surface area (Å²) >= 11 is 12.2. The average molecular weight is 328 g/mol. The van der Waals surface area contributed by atoms with Gasteiger partial charge < -0.3 is 16.8 Å². The number of carbonyl (C=O) groups is 1. The first kappa shape index (κ1) is 15.4. The molecule has 5 N–H and O–H groups in total. The highest BCUT2D eigenvalue weighted by Gasteiger charge is 2.15. The molecule has 1 amide bonds. The Balaban J connectivity index is 2.52. The number of benzene rings is 2. The van der Waals surface area contributed by atoms with Crippen molar-refractivity contribution in [1.82, 2.24) is 0 Å².